The average molecular weight is 157 g/mol. The molecule has 1 unspecified atom stereocenters. The van der Waals surface area contributed by atoms with Crippen LogP contribution in [0.2, 0.25) is 0 Å². The van der Waals surface area contributed by atoms with Crippen molar-refractivity contribution in [3.63, 3.8) is 0 Å². The third kappa shape index (κ3) is 3.21. The summed E-state index contributed by atoms with van der Waals surface area (Å²) in [6, 6.07) is 2.16. The maximum atomic E-state index is 9.56. The molecule has 0 aromatic rings. The predicted octanol–water partition coefficient (Wildman–Crippen LogP) is 1.36. The molecule has 0 radical (unpaired) electrons. The van der Waals surface area contributed by atoms with E-state index in [9.17, 15) is 5.21 Å². The van der Waals surface area contributed by atoms with E-state index in [-0.39, 0.29) is 12.9 Å². The second-order valence-electron chi connectivity index (χ2n) is 2.36. The number of hydrogen-bond acceptors (Lipinski definition) is 3. The minimum atomic E-state index is -0.155. The van der Waals surface area contributed by atoms with Gasteiger partial charge >= 0.3 is 6.07 Å². The van der Waals surface area contributed by atoms with Crippen LogP contribution in [0.3, 0.4) is 0 Å². The maximum absolute atomic E-state index is 9.56. The van der Waals surface area contributed by atoms with Crippen LogP contribution in [0.1, 0.15) is 19.3 Å². The van der Waals surface area contributed by atoms with Gasteiger partial charge < -0.3 is 14.7 Å². The Morgan fingerprint density at radius 2 is 2.55 bits per heavy atom. The molecule has 0 aromatic carbocycles. The lowest BCUT2D eigenvalue weighted by Gasteiger charge is -2.20. The Kier molecular flexibility index (Phi) is 3.73. The molecule has 0 aromatic heterocycles. The highest BCUT2D eigenvalue weighted by Gasteiger charge is 2.13. The molecule has 1 heterocycles. The van der Waals surface area contributed by atoms with Crippen LogP contribution in [0.5, 0.6) is 0 Å². The van der Waals surface area contributed by atoms with E-state index in [1.54, 1.807) is 0 Å². The van der Waals surface area contributed by atoms with Gasteiger partial charge in [-0.05, 0) is 19.3 Å². The summed E-state index contributed by atoms with van der Waals surface area (Å²) in [7, 11) is 0. The van der Waals surface area contributed by atoms with Gasteiger partial charge in [0.25, 0.3) is 0 Å². The Hall–Kier alpha value is -0.790. The molecule has 0 bridgehead atoms. The van der Waals surface area contributed by atoms with E-state index in [0.29, 0.717) is 0 Å². The van der Waals surface area contributed by atoms with Crippen LogP contribution in [-0.2, 0) is 9.47 Å². The first kappa shape index (κ1) is 8.31. The van der Waals surface area contributed by atoms with Gasteiger partial charge in [0.15, 0.2) is 12.9 Å². The first-order valence-corrected chi connectivity index (χ1v) is 3.72. The summed E-state index contributed by atoms with van der Waals surface area (Å²) in [6.45, 7) is 0.882. The van der Waals surface area contributed by atoms with Gasteiger partial charge in [0, 0.05) is 11.6 Å². The minimum absolute atomic E-state index is 0.133. The summed E-state index contributed by atoms with van der Waals surface area (Å²) >= 11 is 0. The molecule has 1 rings (SSSR count). The molecule has 1 atom stereocenters. The minimum Gasteiger partial charge on any atom is -0.498 e. The summed E-state index contributed by atoms with van der Waals surface area (Å²) in [5.74, 6) is 0. The summed E-state index contributed by atoms with van der Waals surface area (Å²) < 4.78 is 10.3. The SMILES string of the molecule is [O-][N+]#CCOC1CCCCO1. The number of ether oxygens (including phenoxy) is 2. The average Bonchev–Trinajstić information content (AvgIpc) is 2.07. The Labute approximate surface area is 65.5 Å². The fourth-order valence-electron chi connectivity index (χ4n) is 0.999. The second kappa shape index (κ2) is 4.94. The van der Waals surface area contributed by atoms with Gasteiger partial charge in [0.2, 0.25) is 0 Å². The third-order valence-corrected chi connectivity index (χ3v) is 1.54. The van der Waals surface area contributed by atoms with Crippen molar-refractivity contribution in [1.82, 2.24) is 0 Å². The summed E-state index contributed by atoms with van der Waals surface area (Å²) in [5, 5.41) is 12.0. The summed E-state index contributed by atoms with van der Waals surface area (Å²) in [4.78, 5) is 0. The van der Waals surface area contributed by atoms with Gasteiger partial charge in [0.05, 0.1) is 0 Å². The highest BCUT2D eigenvalue weighted by Crippen LogP contribution is 2.12. The molecule has 11 heavy (non-hydrogen) atoms. The molecule has 1 saturated heterocycles. The largest absolute Gasteiger partial charge is 0.498 e. The van der Waals surface area contributed by atoms with Crippen molar-refractivity contribution in [3.05, 3.63) is 10.2 Å². The molecule has 0 saturated carbocycles. The van der Waals surface area contributed by atoms with E-state index in [1.807, 2.05) is 0 Å². The standard InChI is InChI=1S/C7H11NO3/c9-8-4-6-11-7-3-1-2-5-10-7/h7H,1-3,5-6H2. The normalized spacial score (nSPS) is 23.8. The van der Waals surface area contributed by atoms with Crippen molar-refractivity contribution in [3.8, 4) is 6.07 Å². The van der Waals surface area contributed by atoms with Crippen molar-refractivity contribution in [1.29, 1.82) is 0 Å². The van der Waals surface area contributed by atoms with Crippen LogP contribution < -0.4 is 0 Å². The van der Waals surface area contributed by atoms with E-state index < -0.39 is 0 Å². The second-order valence-corrected chi connectivity index (χ2v) is 2.36. The molecule has 0 spiro atoms. The van der Waals surface area contributed by atoms with E-state index in [4.69, 9.17) is 9.47 Å². The summed E-state index contributed by atoms with van der Waals surface area (Å²) in [6.07, 6.45) is 2.97. The van der Waals surface area contributed by atoms with Crippen LogP contribution in [0.4, 0.5) is 0 Å². The molecule has 0 N–H and O–H groups in total. The molecule has 62 valence electrons. The van der Waals surface area contributed by atoms with Crippen LogP contribution in [0.25, 0.3) is 5.01 Å². The van der Waals surface area contributed by atoms with Crippen LogP contribution in [-0.4, -0.2) is 19.5 Å². The molecule has 0 aliphatic carbocycles. The van der Waals surface area contributed by atoms with E-state index in [1.165, 1.54) is 0 Å². The van der Waals surface area contributed by atoms with E-state index in [0.717, 1.165) is 25.9 Å². The van der Waals surface area contributed by atoms with Gasteiger partial charge in [-0.3, -0.25) is 0 Å². The zero-order valence-corrected chi connectivity index (χ0v) is 6.28. The Morgan fingerprint density at radius 3 is 3.18 bits per heavy atom. The Balaban J connectivity index is 2.08. The molecular formula is C7H11NO3. The number of nitrogens with zero attached hydrogens (tertiary/aromatic N) is 1. The van der Waals surface area contributed by atoms with Gasteiger partial charge in [0.1, 0.15) is 0 Å². The third-order valence-electron chi connectivity index (χ3n) is 1.54. The molecule has 1 fully saturated rings. The van der Waals surface area contributed by atoms with Gasteiger partial charge in [-0.15, -0.1) is 0 Å². The smallest absolute Gasteiger partial charge is 0.327 e. The first-order valence-electron chi connectivity index (χ1n) is 3.72. The quantitative estimate of drug-likeness (QED) is 0.568. The lowest BCUT2D eigenvalue weighted by atomic mass is 10.2. The maximum Gasteiger partial charge on any atom is 0.327 e. The lowest BCUT2D eigenvalue weighted by molar-refractivity contribution is -0.154. The monoisotopic (exact) mass is 157 g/mol. The van der Waals surface area contributed by atoms with Crippen molar-refractivity contribution in [2.75, 3.05) is 13.2 Å². The highest BCUT2D eigenvalue weighted by molar-refractivity contribution is 4.86. The van der Waals surface area contributed by atoms with E-state index in [2.05, 4.69) is 11.1 Å². The first-order chi connectivity index (χ1) is 5.43. The number of hydrogen-bond donors (Lipinski definition) is 0. The van der Waals surface area contributed by atoms with Crippen LogP contribution in [0, 0.1) is 11.3 Å². The van der Waals surface area contributed by atoms with E-state index >= 15 is 0 Å². The Morgan fingerprint density at radius 1 is 1.64 bits per heavy atom. The van der Waals surface area contributed by atoms with Crippen LogP contribution in [0.15, 0.2) is 0 Å². The molecule has 1 aliphatic heterocycles. The fourth-order valence-corrected chi connectivity index (χ4v) is 0.999. The van der Waals surface area contributed by atoms with Crippen LogP contribution >= 0.6 is 0 Å². The topological polar surface area (TPSA) is 45.9 Å². The molecule has 1 aliphatic rings. The molecular weight excluding hydrogens is 146 g/mol. The van der Waals surface area contributed by atoms with Gasteiger partial charge in [-0.25, -0.2) is 0 Å². The number of rotatable bonds is 2. The van der Waals surface area contributed by atoms with Crippen molar-refractivity contribution >= 4 is 0 Å². The zero-order chi connectivity index (χ0) is 7.94. The molecule has 0 amide bonds. The summed E-state index contributed by atoms with van der Waals surface area (Å²) in [5.41, 5.74) is 0. The molecule has 4 nitrogen and oxygen atoms in total. The lowest BCUT2D eigenvalue weighted by Crippen LogP contribution is -2.22. The van der Waals surface area contributed by atoms with Crippen molar-refractivity contribution < 1.29 is 9.47 Å². The van der Waals surface area contributed by atoms with Crippen molar-refractivity contribution in [2.45, 2.75) is 25.6 Å². The zero-order valence-electron chi connectivity index (χ0n) is 6.28. The van der Waals surface area contributed by atoms with Crippen molar-refractivity contribution in [2.24, 2.45) is 0 Å². The predicted molar refractivity (Wildman–Crippen MR) is 40.2 cm³/mol. The fraction of sp³-hybridized carbons (Fsp3) is 0.857. The van der Waals surface area contributed by atoms with Gasteiger partial charge in [-0.1, -0.05) is 0 Å². The highest BCUT2D eigenvalue weighted by atomic mass is 16.7. The van der Waals surface area contributed by atoms with Gasteiger partial charge in [-0.2, -0.15) is 0 Å². The Bertz CT molecular complexity index is 155. The molecule has 4 heteroatoms.